The van der Waals surface area contributed by atoms with Gasteiger partial charge in [-0.1, -0.05) is 26.7 Å². The van der Waals surface area contributed by atoms with Gasteiger partial charge < -0.3 is 0 Å². The zero-order valence-corrected chi connectivity index (χ0v) is 13.1. The second-order valence-electron chi connectivity index (χ2n) is 3.54. The molecule has 1 rings (SSSR count). The summed E-state index contributed by atoms with van der Waals surface area (Å²) >= 11 is 4.92. The lowest BCUT2D eigenvalue weighted by molar-refractivity contribution is 0.893. The van der Waals surface area contributed by atoms with E-state index < -0.39 is 0 Å². The molecule has 0 fully saturated rings. The monoisotopic (exact) mass is 414 g/mol. The molecule has 0 atom stereocenters. The Morgan fingerprint density at radius 3 is 1.50 bits per heavy atom. The van der Waals surface area contributed by atoms with Crippen LogP contribution in [-0.2, 0) is 12.8 Å². The van der Waals surface area contributed by atoms with Crippen molar-refractivity contribution in [2.24, 2.45) is 0 Å². The fourth-order valence-corrected chi connectivity index (χ4v) is 3.15. The summed E-state index contributed by atoms with van der Waals surface area (Å²) in [5, 5.41) is 0. The van der Waals surface area contributed by atoms with Gasteiger partial charge in [0.1, 0.15) is 0 Å². The van der Waals surface area contributed by atoms with Crippen molar-refractivity contribution in [3.05, 3.63) is 30.4 Å². The van der Waals surface area contributed by atoms with Crippen LogP contribution in [0.2, 0.25) is 0 Å². The molecule has 0 N–H and O–H groups in total. The van der Waals surface area contributed by atoms with Crippen LogP contribution in [0.4, 0.5) is 0 Å². The fourth-order valence-electron chi connectivity index (χ4n) is 1.55. The first kappa shape index (κ1) is 12.7. The minimum Gasteiger partial charge on any atom is -0.0651 e. The molecule has 0 spiro atoms. The summed E-state index contributed by atoms with van der Waals surface area (Å²) in [6, 6.07) is 4.72. The van der Waals surface area contributed by atoms with Crippen molar-refractivity contribution in [1.29, 1.82) is 0 Å². The molecule has 0 radical (unpaired) electrons. The molecule has 78 valence electrons. The van der Waals surface area contributed by atoms with E-state index in [0.29, 0.717) is 0 Å². The minimum atomic E-state index is 1.21. The Labute approximate surface area is 114 Å². The van der Waals surface area contributed by atoms with Crippen LogP contribution in [0.1, 0.15) is 37.8 Å². The maximum atomic E-state index is 2.46. The van der Waals surface area contributed by atoms with Crippen molar-refractivity contribution in [3.8, 4) is 0 Å². The van der Waals surface area contributed by atoms with Crippen LogP contribution in [0.15, 0.2) is 12.1 Å². The second-order valence-corrected chi connectivity index (χ2v) is 5.86. The number of benzene rings is 1. The third kappa shape index (κ3) is 3.36. The van der Waals surface area contributed by atoms with Crippen LogP contribution in [0.3, 0.4) is 0 Å². The van der Waals surface area contributed by atoms with Crippen LogP contribution >= 0.6 is 45.2 Å². The van der Waals surface area contributed by atoms with Crippen molar-refractivity contribution in [2.75, 3.05) is 0 Å². The highest BCUT2D eigenvalue weighted by atomic mass is 127. The Balaban J connectivity index is 2.97. The molecule has 0 bridgehead atoms. The summed E-state index contributed by atoms with van der Waals surface area (Å²) in [5.41, 5.74) is 3.02. The maximum Gasteiger partial charge on any atom is 0.0165 e. The Bertz CT molecular complexity index is 274. The molecule has 0 nitrogen and oxygen atoms in total. The van der Waals surface area contributed by atoms with Crippen LogP contribution in [-0.4, -0.2) is 0 Å². The van der Waals surface area contributed by atoms with Crippen molar-refractivity contribution < 1.29 is 0 Å². The minimum absolute atomic E-state index is 1.21. The van der Waals surface area contributed by atoms with Gasteiger partial charge in [0.05, 0.1) is 0 Å². The molecular weight excluding hydrogens is 398 g/mol. The lowest BCUT2D eigenvalue weighted by atomic mass is 10.1. The topological polar surface area (TPSA) is 0 Å². The zero-order chi connectivity index (χ0) is 10.6. The lowest BCUT2D eigenvalue weighted by Crippen LogP contribution is -1.95. The normalized spacial score (nSPS) is 10.6. The van der Waals surface area contributed by atoms with E-state index in [0.717, 1.165) is 0 Å². The highest BCUT2D eigenvalue weighted by Crippen LogP contribution is 2.22. The van der Waals surface area contributed by atoms with Crippen LogP contribution < -0.4 is 0 Å². The Kier molecular flexibility index (Phi) is 5.74. The third-order valence-corrected chi connectivity index (χ3v) is 4.26. The third-order valence-electron chi connectivity index (χ3n) is 2.25. The van der Waals surface area contributed by atoms with Crippen LogP contribution in [0.25, 0.3) is 0 Å². The number of hydrogen-bond acceptors (Lipinski definition) is 0. The van der Waals surface area contributed by atoms with E-state index in [1.165, 1.54) is 44.0 Å². The van der Waals surface area contributed by atoms with Gasteiger partial charge in [-0.2, -0.15) is 0 Å². The fraction of sp³-hybridized carbons (Fsp3) is 0.500. The Morgan fingerprint density at radius 1 is 0.857 bits per heavy atom. The first-order valence-corrected chi connectivity index (χ1v) is 7.31. The quantitative estimate of drug-likeness (QED) is 0.622. The summed E-state index contributed by atoms with van der Waals surface area (Å²) in [6.07, 6.45) is 4.89. The van der Waals surface area contributed by atoms with E-state index in [1.807, 2.05) is 0 Å². The van der Waals surface area contributed by atoms with Gasteiger partial charge in [-0.05, 0) is 81.3 Å². The van der Waals surface area contributed by atoms with E-state index in [4.69, 9.17) is 0 Å². The van der Waals surface area contributed by atoms with Crippen molar-refractivity contribution >= 4 is 45.2 Å². The number of hydrogen-bond donors (Lipinski definition) is 0. The van der Waals surface area contributed by atoms with E-state index in [2.05, 4.69) is 71.2 Å². The average Bonchev–Trinajstić information content (AvgIpc) is 2.14. The highest BCUT2D eigenvalue weighted by Gasteiger charge is 2.05. The summed E-state index contributed by atoms with van der Waals surface area (Å²) in [4.78, 5) is 0. The standard InChI is InChI=1S/C12H16I2/c1-3-5-9-7-12(14)10(6-4-2)8-11(9)13/h7-8H,3-6H2,1-2H3. The molecule has 2 heteroatoms. The second kappa shape index (κ2) is 6.30. The summed E-state index contributed by atoms with van der Waals surface area (Å²) in [6.45, 7) is 4.48. The lowest BCUT2D eigenvalue weighted by Gasteiger charge is -2.08. The van der Waals surface area contributed by atoms with E-state index >= 15 is 0 Å². The molecule has 0 heterocycles. The average molecular weight is 414 g/mol. The molecule has 0 aromatic heterocycles. The van der Waals surface area contributed by atoms with Crippen LogP contribution in [0.5, 0.6) is 0 Å². The molecule has 0 saturated carbocycles. The predicted octanol–water partition coefficient (Wildman–Crippen LogP) is 4.80. The molecule has 14 heavy (non-hydrogen) atoms. The Morgan fingerprint density at radius 2 is 1.21 bits per heavy atom. The molecule has 0 aliphatic heterocycles. The van der Waals surface area contributed by atoms with Gasteiger partial charge in [0, 0.05) is 7.14 Å². The molecular formula is C12H16I2. The number of halogens is 2. The summed E-state index contributed by atoms with van der Waals surface area (Å²) < 4.78 is 2.88. The summed E-state index contributed by atoms with van der Waals surface area (Å²) in [7, 11) is 0. The zero-order valence-electron chi connectivity index (χ0n) is 8.74. The van der Waals surface area contributed by atoms with Crippen molar-refractivity contribution in [3.63, 3.8) is 0 Å². The molecule has 0 unspecified atom stereocenters. The van der Waals surface area contributed by atoms with Crippen LogP contribution in [0, 0.1) is 7.14 Å². The molecule has 0 saturated heterocycles. The van der Waals surface area contributed by atoms with E-state index in [-0.39, 0.29) is 0 Å². The van der Waals surface area contributed by atoms with E-state index in [9.17, 15) is 0 Å². The molecule has 0 amide bonds. The van der Waals surface area contributed by atoms with E-state index in [1.54, 1.807) is 0 Å². The molecule has 0 aliphatic rings. The summed E-state index contributed by atoms with van der Waals surface area (Å²) in [5.74, 6) is 0. The van der Waals surface area contributed by atoms with Gasteiger partial charge in [0.25, 0.3) is 0 Å². The SMILES string of the molecule is CCCc1cc(I)c(CCC)cc1I. The van der Waals surface area contributed by atoms with Gasteiger partial charge in [-0.3, -0.25) is 0 Å². The first-order valence-electron chi connectivity index (χ1n) is 5.15. The molecule has 0 aliphatic carbocycles. The maximum absolute atomic E-state index is 2.46. The van der Waals surface area contributed by atoms with Gasteiger partial charge >= 0.3 is 0 Å². The molecule has 1 aromatic rings. The van der Waals surface area contributed by atoms with Crippen molar-refractivity contribution in [1.82, 2.24) is 0 Å². The van der Waals surface area contributed by atoms with Gasteiger partial charge in [0.15, 0.2) is 0 Å². The first-order chi connectivity index (χ1) is 6.69. The Hall–Kier alpha value is 0.680. The predicted molar refractivity (Wildman–Crippen MR) is 79.9 cm³/mol. The number of rotatable bonds is 4. The smallest absolute Gasteiger partial charge is 0.0165 e. The number of aryl methyl sites for hydroxylation is 2. The van der Waals surface area contributed by atoms with Gasteiger partial charge in [-0.25, -0.2) is 0 Å². The molecule has 1 aromatic carbocycles. The van der Waals surface area contributed by atoms with Gasteiger partial charge in [0.2, 0.25) is 0 Å². The van der Waals surface area contributed by atoms with Gasteiger partial charge in [-0.15, -0.1) is 0 Å². The highest BCUT2D eigenvalue weighted by molar-refractivity contribution is 14.1. The van der Waals surface area contributed by atoms with Crippen molar-refractivity contribution in [2.45, 2.75) is 39.5 Å². The largest absolute Gasteiger partial charge is 0.0651 e.